The zero-order valence-corrected chi connectivity index (χ0v) is 15.0. The van der Waals surface area contributed by atoms with Crippen LogP contribution >= 0.6 is 0 Å². The number of nitrogens with one attached hydrogen (secondary N) is 1. The van der Waals surface area contributed by atoms with Crippen molar-refractivity contribution in [2.45, 2.75) is 25.8 Å². The van der Waals surface area contributed by atoms with Gasteiger partial charge in [0, 0.05) is 44.5 Å². The predicted octanol–water partition coefficient (Wildman–Crippen LogP) is 0.936. The first kappa shape index (κ1) is 17.9. The fourth-order valence-electron chi connectivity index (χ4n) is 3.20. The van der Waals surface area contributed by atoms with Crippen molar-refractivity contribution >= 4 is 17.5 Å². The highest BCUT2D eigenvalue weighted by Crippen LogP contribution is 2.18. The molecule has 3 rings (SSSR count). The summed E-state index contributed by atoms with van der Waals surface area (Å²) in [5, 5.41) is 3.03. The van der Waals surface area contributed by atoms with Gasteiger partial charge in [-0.15, -0.1) is 0 Å². The molecule has 1 aromatic carbocycles. The zero-order valence-electron chi connectivity index (χ0n) is 15.0. The Hall–Kier alpha value is -1.92. The summed E-state index contributed by atoms with van der Waals surface area (Å²) in [6.07, 6.45) is 2.24. The molecule has 136 valence electrons. The van der Waals surface area contributed by atoms with Crippen LogP contribution in [0.5, 0.6) is 0 Å². The molecule has 1 saturated heterocycles. The molecule has 1 heterocycles. The minimum Gasteiger partial charge on any atom is -0.352 e. The summed E-state index contributed by atoms with van der Waals surface area (Å²) in [5.74, 6) is 0.266. The topological polar surface area (TPSA) is 55.9 Å². The first-order chi connectivity index (χ1) is 12.2. The Morgan fingerprint density at radius 1 is 1.04 bits per heavy atom. The number of hydrogen-bond donors (Lipinski definition) is 1. The molecule has 25 heavy (non-hydrogen) atoms. The van der Waals surface area contributed by atoms with E-state index in [1.165, 1.54) is 0 Å². The number of para-hydroxylation sites is 1. The minimum absolute atomic E-state index is 0.133. The molecule has 2 aliphatic rings. The molecule has 0 radical (unpaired) electrons. The Kier molecular flexibility index (Phi) is 6.04. The van der Waals surface area contributed by atoms with Crippen molar-refractivity contribution in [2.75, 3.05) is 50.7 Å². The summed E-state index contributed by atoms with van der Waals surface area (Å²) >= 11 is 0. The van der Waals surface area contributed by atoms with Crippen molar-refractivity contribution in [3.63, 3.8) is 0 Å². The van der Waals surface area contributed by atoms with Gasteiger partial charge in [0.2, 0.25) is 11.8 Å². The molecule has 1 N–H and O–H groups in total. The van der Waals surface area contributed by atoms with Crippen molar-refractivity contribution in [1.29, 1.82) is 0 Å². The molecule has 0 unspecified atom stereocenters. The number of nitrogens with zero attached hydrogens (tertiary/aromatic N) is 3. The second-order valence-corrected chi connectivity index (χ2v) is 6.87. The summed E-state index contributed by atoms with van der Waals surface area (Å²) < 4.78 is 0. The van der Waals surface area contributed by atoms with Gasteiger partial charge >= 0.3 is 0 Å². The Morgan fingerprint density at radius 2 is 1.64 bits per heavy atom. The van der Waals surface area contributed by atoms with E-state index in [4.69, 9.17) is 0 Å². The smallest absolute Gasteiger partial charge is 0.241 e. The molecule has 1 aromatic rings. The number of carbonyl (C=O) groups is 2. The van der Waals surface area contributed by atoms with Crippen molar-refractivity contribution in [3.05, 3.63) is 30.3 Å². The van der Waals surface area contributed by atoms with Crippen LogP contribution in [0.25, 0.3) is 0 Å². The van der Waals surface area contributed by atoms with E-state index >= 15 is 0 Å². The zero-order chi connectivity index (χ0) is 17.6. The van der Waals surface area contributed by atoms with Crippen LogP contribution in [0.3, 0.4) is 0 Å². The van der Waals surface area contributed by atoms with Gasteiger partial charge in [-0.1, -0.05) is 18.2 Å². The lowest BCUT2D eigenvalue weighted by molar-refractivity contribution is -0.124. The van der Waals surface area contributed by atoms with E-state index in [9.17, 15) is 9.59 Å². The maximum Gasteiger partial charge on any atom is 0.241 e. The third-order valence-corrected chi connectivity index (χ3v) is 4.82. The molecule has 1 saturated carbocycles. The average molecular weight is 344 g/mol. The van der Waals surface area contributed by atoms with Gasteiger partial charge in [-0.2, -0.15) is 0 Å². The second-order valence-electron chi connectivity index (χ2n) is 6.87. The number of amides is 2. The highest BCUT2D eigenvalue weighted by molar-refractivity contribution is 5.94. The van der Waals surface area contributed by atoms with Gasteiger partial charge in [0.1, 0.15) is 0 Å². The van der Waals surface area contributed by atoms with Crippen LogP contribution in [-0.2, 0) is 9.59 Å². The van der Waals surface area contributed by atoms with Gasteiger partial charge in [0.15, 0.2) is 0 Å². The second kappa shape index (κ2) is 8.45. The number of rotatable bonds is 7. The lowest BCUT2D eigenvalue weighted by atomic mass is 10.2. The molecule has 0 atom stereocenters. The van der Waals surface area contributed by atoms with Gasteiger partial charge in [-0.25, -0.2) is 0 Å². The van der Waals surface area contributed by atoms with E-state index in [1.807, 2.05) is 42.2 Å². The number of carbonyl (C=O) groups excluding carboxylic acids is 2. The van der Waals surface area contributed by atoms with Crippen molar-refractivity contribution in [1.82, 2.24) is 15.1 Å². The van der Waals surface area contributed by atoms with Crippen molar-refractivity contribution < 1.29 is 9.59 Å². The maximum atomic E-state index is 12.6. The molecule has 6 nitrogen and oxygen atoms in total. The summed E-state index contributed by atoms with van der Waals surface area (Å²) in [6, 6.07) is 10.2. The highest BCUT2D eigenvalue weighted by atomic mass is 16.2. The van der Waals surface area contributed by atoms with E-state index in [0.29, 0.717) is 25.7 Å². The Morgan fingerprint density at radius 3 is 2.20 bits per heavy atom. The van der Waals surface area contributed by atoms with E-state index in [-0.39, 0.29) is 11.8 Å². The van der Waals surface area contributed by atoms with Gasteiger partial charge in [-0.3, -0.25) is 19.4 Å². The molecule has 6 heteroatoms. The first-order valence-electron chi connectivity index (χ1n) is 9.25. The molecule has 1 aliphatic heterocycles. The fourth-order valence-corrected chi connectivity index (χ4v) is 3.20. The number of piperazine rings is 1. The van der Waals surface area contributed by atoms with Crippen LogP contribution in [0.15, 0.2) is 30.3 Å². The molecule has 2 amide bonds. The van der Waals surface area contributed by atoms with Gasteiger partial charge in [0.05, 0.1) is 13.1 Å². The van der Waals surface area contributed by atoms with E-state index in [2.05, 4.69) is 15.1 Å². The van der Waals surface area contributed by atoms with Gasteiger partial charge in [0.25, 0.3) is 0 Å². The summed E-state index contributed by atoms with van der Waals surface area (Å²) in [5.41, 5.74) is 0.949. The largest absolute Gasteiger partial charge is 0.352 e. The van der Waals surface area contributed by atoms with Crippen LogP contribution in [0.2, 0.25) is 0 Å². The quantitative estimate of drug-likeness (QED) is 0.800. The highest BCUT2D eigenvalue weighted by Gasteiger charge is 2.26. The van der Waals surface area contributed by atoms with Crippen LogP contribution in [0, 0.1) is 0 Å². The Balaban J connectivity index is 1.43. The lowest BCUT2D eigenvalue weighted by Crippen LogP contribution is -2.52. The van der Waals surface area contributed by atoms with Gasteiger partial charge in [-0.05, 0) is 31.9 Å². The Bertz CT molecular complexity index is 580. The SMILES string of the molecule is CCN(C(=O)CN1CCN(CC(=O)NC2CC2)CC1)c1ccccc1. The van der Waals surface area contributed by atoms with E-state index < -0.39 is 0 Å². The third kappa shape index (κ3) is 5.28. The van der Waals surface area contributed by atoms with Crippen LogP contribution < -0.4 is 10.2 Å². The summed E-state index contributed by atoms with van der Waals surface area (Å²) in [6.45, 7) is 6.91. The molecule has 1 aliphatic carbocycles. The van der Waals surface area contributed by atoms with Crippen molar-refractivity contribution in [3.8, 4) is 0 Å². The van der Waals surface area contributed by atoms with Crippen molar-refractivity contribution in [2.24, 2.45) is 0 Å². The van der Waals surface area contributed by atoms with Crippen LogP contribution in [0.4, 0.5) is 5.69 Å². The number of benzene rings is 1. The molecule has 0 aromatic heterocycles. The first-order valence-corrected chi connectivity index (χ1v) is 9.25. The minimum atomic E-state index is 0.133. The predicted molar refractivity (Wildman–Crippen MR) is 98.5 cm³/mol. The lowest BCUT2D eigenvalue weighted by Gasteiger charge is -2.35. The standard InChI is InChI=1S/C19H28N4O2/c1-2-23(17-6-4-3-5-7-17)19(25)15-22-12-10-21(11-13-22)14-18(24)20-16-8-9-16/h3-7,16H,2,8-15H2,1H3,(H,20,24). The Labute approximate surface area is 149 Å². The fraction of sp³-hybridized carbons (Fsp3) is 0.579. The van der Waals surface area contributed by atoms with Crippen LogP contribution in [0.1, 0.15) is 19.8 Å². The molecular weight excluding hydrogens is 316 g/mol. The number of anilines is 1. The number of hydrogen-bond acceptors (Lipinski definition) is 4. The molecule has 2 fully saturated rings. The average Bonchev–Trinajstić information content (AvgIpc) is 3.42. The number of likely N-dealkylation sites (N-methyl/N-ethyl adjacent to an activating group) is 1. The van der Waals surface area contributed by atoms with E-state index in [0.717, 1.165) is 44.7 Å². The van der Waals surface area contributed by atoms with Crippen LogP contribution in [-0.4, -0.2) is 73.5 Å². The summed E-state index contributed by atoms with van der Waals surface area (Å²) in [4.78, 5) is 30.7. The normalized spacial score (nSPS) is 18.8. The monoisotopic (exact) mass is 344 g/mol. The maximum absolute atomic E-state index is 12.6. The molecular formula is C19H28N4O2. The molecule has 0 bridgehead atoms. The third-order valence-electron chi connectivity index (χ3n) is 4.82. The molecule has 0 spiro atoms. The van der Waals surface area contributed by atoms with Gasteiger partial charge < -0.3 is 10.2 Å². The van der Waals surface area contributed by atoms with E-state index in [1.54, 1.807) is 0 Å². The summed E-state index contributed by atoms with van der Waals surface area (Å²) in [7, 11) is 0.